The van der Waals surface area contributed by atoms with Gasteiger partial charge in [-0.15, -0.1) is 16.4 Å². The minimum absolute atomic E-state index is 0.0617. The molecule has 2 aromatic carbocycles. The molecule has 2 aromatic heterocycles. The van der Waals surface area contributed by atoms with Crippen molar-refractivity contribution >= 4 is 17.4 Å². The molecule has 0 aliphatic rings. The molecule has 0 spiro atoms. The largest absolute Gasteiger partial charge is 0.404 e. The van der Waals surface area contributed by atoms with Crippen LogP contribution in [0.1, 0.15) is 11.1 Å². The van der Waals surface area contributed by atoms with Gasteiger partial charge in [0.25, 0.3) is 0 Å². The highest BCUT2D eigenvalue weighted by atomic mass is 32.1. The van der Waals surface area contributed by atoms with Crippen LogP contribution in [0.2, 0.25) is 0 Å². The average molecular weight is 348 g/mol. The van der Waals surface area contributed by atoms with Crippen LogP contribution in [0.5, 0.6) is 0 Å². The summed E-state index contributed by atoms with van der Waals surface area (Å²) in [5, 5.41) is 10.7. The first-order valence-electron chi connectivity index (χ1n) is 7.83. The molecule has 4 rings (SSSR count). The molecular weight excluding hydrogens is 332 g/mol. The van der Waals surface area contributed by atoms with Crippen LogP contribution in [0.25, 0.3) is 33.3 Å². The quantitative estimate of drug-likeness (QED) is 0.579. The van der Waals surface area contributed by atoms with E-state index in [-0.39, 0.29) is 6.01 Å². The zero-order valence-corrected chi connectivity index (χ0v) is 14.7. The lowest BCUT2D eigenvalue weighted by Crippen LogP contribution is -1.84. The predicted octanol–water partition coefficient (Wildman–Crippen LogP) is 4.73. The summed E-state index contributed by atoms with van der Waals surface area (Å²) >= 11 is 1.61. The minimum atomic E-state index is 0.0617. The fraction of sp³-hybridized carbons (Fsp3) is 0.105. The number of rotatable bonds is 3. The van der Waals surface area contributed by atoms with E-state index in [0.29, 0.717) is 5.89 Å². The first-order chi connectivity index (χ1) is 12.1. The zero-order valence-electron chi connectivity index (χ0n) is 13.9. The lowest BCUT2D eigenvalue weighted by Gasteiger charge is -2.02. The fourth-order valence-corrected chi connectivity index (χ4v) is 3.40. The molecule has 124 valence electrons. The van der Waals surface area contributed by atoms with E-state index in [9.17, 15) is 0 Å². The highest BCUT2D eigenvalue weighted by Gasteiger charge is 2.11. The molecule has 0 unspecified atom stereocenters. The van der Waals surface area contributed by atoms with E-state index in [1.165, 1.54) is 11.1 Å². The van der Waals surface area contributed by atoms with Crippen molar-refractivity contribution in [1.82, 2.24) is 15.2 Å². The van der Waals surface area contributed by atoms with Crippen molar-refractivity contribution in [2.24, 2.45) is 0 Å². The molecule has 2 heterocycles. The second kappa shape index (κ2) is 6.14. The molecule has 0 fully saturated rings. The second-order valence-corrected chi connectivity index (χ2v) is 6.72. The number of thiazole rings is 1. The van der Waals surface area contributed by atoms with Gasteiger partial charge in [-0.1, -0.05) is 29.4 Å². The zero-order chi connectivity index (χ0) is 17.4. The van der Waals surface area contributed by atoms with E-state index < -0.39 is 0 Å². The number of nitrogens with zero attached hydrogens (tertiary/aromatic N) is 3. The van der Waals surface area contributed by atoms with Crippen LogP contribution >= 0.6 is 11.3 Å². The van der Waals surface area contributed by atoms with Crippen molar-refractivity contribution < 1.29 is 4.42 Å². The van der Waals surface area contributed by atoms with Crippen LogP contribution in [-0.4, -0.2) is 15.2 Å². The summed E-state index contributed by atoms with van der Waals surface area (Å²) in [6, 6.07) is 14.3. The van der Waals surface area contributed by atoms with Gasteiger partial charge in [0.15, 0.2) is 0 Å². The van der Waals surface area contributed by atoms with Gasteiger partial charge in [-0.25, -0.2) is 4.98 Å². The molecule has 0 aliphatic carbocycles. The first kappa shape index (κ1) is 15.5. The van der Waals surface area contributed by atoms with Gasteiger partial charge in [-0.2, -0.15) is 0 Å². The molecule has 6 heteroatoms. The minimum Gasteiger partial charge on any atom is -0.404 e. The normalized spacial score (nSPS) is 11.0. The van der Waals surface area contributed by atoms with Crippen molar-refractivity contribution in [1.29, 1.82) is 0 Å². The third kappa shape index (κ3) is 3.04. The van der Waals surface area contributed by atoms with Gasteiger partial charge in [-0.3, -0.25) is 0 Å². The molecule has 2 N–H and O–H groups in total. The van der Waals surface area contributed by atoms with E-state index in [1.54, 1.807) is 11.3 Å². The maximum Gasteiger partial charge on any atom is 0.313 e. The molecule has 25 heavy (non-hydrogen) atoms. The summed E-state index contributed by atoms with van der Waals surface area (Å²) in [5.41, 5.74) is 12.0. The standard InChI is InChI=1S/C19H16N4OS/c1-11-6-7-13(8-12(11)2)16-10-25-18(21-16)15-5-3-4-14(9-15)17-22-23-19(20)24-17/h3-10H,1-2H3,(H2,20,23). The molecule has 0 radical (unpaired) electrons. The van der Waals surface area contributed by atoms with Crippen molar-refractivity contribution in [3.8, 4) is 33.3 Å². The van der Waals surface area contributed by atoms with Crippen molar-refractivity contribution in [2.75, 3.05) is 5.73 Å². The van der Waals surface area contributed by atoms with Crippen LogP contribution in [0.4, 0.5) is 6.01 Å². The Hall–Kier alpha value is -2.99. The van der Waals surface area contributed by atoms with Crippen molar-refractivity contribution in [2.45, 2.75) is 13.8 Å². The Morgan fingerprint density at radius 2 is 1.76 bits per heavy atom. The number of nitrogens with two attached hydrogens (primary N) is 1. The molecule has 0 aliphatic heterocycles. The van der Waals surface area contributed by atoms with Gasteiger partial charge in [0.05, 0.1) is 5.69 Å². The van der Waals surface area contributed by atoms with E-state index in [0.717, 1.165) is 27.4 Å². The Balaban J connectivity index is 1.69. The smallest absolute Gasteiger partial charge is 0.313 e. The maximum atomic E-state index is 5.51. The summed E-state index contributed by atoms with van der Waals surface area (Å²) in [5.74, 6) is 0.408. The van der Waals surface area contributed by atoms with Gasteiger partial charge >= 0.3 is 6.01 Å². The molecule has 4 aromatic rings. The fourth-order valence-electron chi connectivity index (χ4n) is 2.58. The third-order valence-electron chi connectivity index (χ3n) is 4.10. The number of nitrogen functional groups attached to an aromatic ring is 1. The van der Waals surface area contributed by atoms with Gasteiger partial charge in [0.1, 0.15) is 5.01 Å². The van der Waals surface area contributed by atoms with Gasteiger partial charge in [-0.05, 0) is 43.2 Å². The van der Waals surface area contributed by atoms with E-state index in [4.69, 9.17) is 15.1 Å². The SMILES string of the molecule is Cc1ccc(-c2csc(-c3cccc(-c4nnc(N)o4)c3)n2)cc1C. The Bertz CT molecular complexity index is 1050. The summed E-state index contributed by atoms with van der Waals surface area (Å²) < 4.78 is 5.30. The topological polar surface area (TPSA) is 77.8 Å². The van der Waals surface area contributed by atoms with Crippen LogP contribution in [0.3, 0.4) is 0 Å². The Labute approximate surface area is 149 Å². The third-order valence-corrected chi connectivity index (χ3v) is 5.00. The number of hydrogen-bond donors (Lipinski definition) is 1. The van der Waals surface area contributed by atoms with E-state index in [2.05, 4.69) is 47.6 Å². The molecular formula is C19H16N4OS. The van der Waals surface area contributed by atoms with Gasteiger partial charge < -0.3 is 10.2 Å². The number of aromatic nitrogens is 3. The molecule has 5 nitrogen and oxygen atoms in total. The lowest BCUT2D eigenvalue weighted by atomic mass is 10.1. The highest BCUT2D eigenvalue weighted by Crippen LogP contribution is 2.31. The van der Waals surface area contributed by atoms with Crippen molar-refractivity contribution in [3.63, 3.8) is 0 Å². The number of hydrogen-bond acceptors (Lipinski definition) is 6. The van der Waals surface area contributed by atoms with Gasteiger partial charge in [0.2, 0.25) is 5.89 Å². The van der Waals surface area contributed by atoms with Crippen LogP contribution in [-0.2, 0) is 0 Å². The molecule has 0 saturated carbocycles. The summed E-state index contributed by atoms with van der Waals surface area (Å²) in [4.78, 5) is 4.79. The monoisotopic (exact) mass is 348 g/mol. The number of anilines is 1. The Morgan fingerprint density at radius 1 is 0.920 bits per heavy atom. The average Bonchev–Trinajstić information content (AvgIpc) is 3.27. The molecule has 0 atom stereocenters. The molecule has 0 amide bonds. The molecule has 0 saturated heterocycles. The maximum absolute atomic E-state index is 5.51. The first-order valence-corrected chi connectivity index (χ1v) is 8.71. The van der Waals surface area contributed by atoms with E-state index >= 15 is 0 Å². The highest BCUT2D eigenvalue weighted by molar-refractivity contribution is 7.13. The van der Waals surface area contributed by atoms with Crippen LogP contribution in [0, 0.1) is 13.8 Å². The predicted molar refractivity (Wildman–Crippen MR) is 100 cm³/mol. The van der Waals surface area contributed by atoms with E-state index in [1.807, 2.05) is 24.3 Å². The lowest BCUT2D eigenvalue weighted by molar-refractivity contribution is 0.590. The summed E-state index contributed by atoms with van der Waals surface area (Å²) in [6.45, 7) is 4.23. The Kier molecular flexibility index (Phi) is 3.82. The second-order valence-electron chi connectivity index (χ2n) is 5.86. The van der Waals surface area contributed by atoms with Crippen LogP contribution in [0.15, 0.2) is 52.3 Å². The number of benzene rings is 2. The van der Waals surface area contributed by atoms with Gasteiger partial charge in [0, 0.05) is 22.1 Å². The Morgan fingerprint density at radius 3 is 2.52 bits per heavy atom. The number of aryl methyl sites for hydroxylation is 2. The van der Waals surface area contributed by atoms with Crippen LogP contribution < -0.4 is 5.73 Å². The summed E-state index contributed by atoms with van der Waals surface area (Å²) in [6.07, 6.45) is 0. The van der Waals surface area contributed by atoms with Crippen molar-refractivity contribution in [3.05, 3.63) is 59.0 Å². The summed E-state index contributed by atoms with van der Waals surface area (Å²) in [7, 11) is 0. The molecule has 0 bridgehead atoms.